The van der Waals surface area contributed by atoms with E-state index in [1.807, 2.05) is 24.3 Å². The molecule has 10 nitrogen and oxygen atoms in total. The molecule has 384 valence electrons. The summed E-state index contributed by atoms with van der Waals surface area (Å²) in [6.07, 6.45) is -2.91. The van der Waals surface area contributed by atoms with Gasteiger partial charge in [0.15, 0.2) is 0 Å². The minimum Gasteiger partial charge on any atom is -0.488 e. The van der Waals surface area contributed by atoms with Crippen molar-refractivity contribution in [3.8, 4) is 33.8 Å². The predicted molar refractivity (Wildman–Crippen MR) is 270 cm³/mol. The molecule has 0 atom stereocenters. The van der Waals surface area contributed by atoms with E-state index in [4.69, 9.17) is 14.2 Å². The van der Waals surface area contributed by atoms with Crippen LogP contribution in [-0.2, 0) is 57.5 Å². The van der Waals surface area contributed by atoms with E-state index in [1.54, 1.807) is 102 Å². The molecule has 4 heterocycles. The zero-order chi connectivity index (χ0) is 51.3. The lowest BCUT2D eigenvalue weighted by molar-refractivity contribution is -0.143. The molecule has 0 bridgehead atoms. The number of alkyl halides is 6. The van der Waals surface area contributed by atoms with Gasteiger partial charge < -0.3 is 29.3 Å². The maximum Gasteiger partial charge on any atom is 0.426 e. The van der Waals surface area contributed by atoms with Gasteiger partial charge in [0.05, 0.1) is 26.1 Å². The van der Waals surface area contributed by atoms with Crippen molar-refractivity contribution in [3.05, 3.63) is 140 Å². The average Bonchev–Trinajstić information content (AvgIpc) is 4.19. The van der Waals surface area contributed by atoms with E-state index < -0.39 is 22.1 Å². The Labute approximate surface area is 427 Å². The van der Waals surface area contributed by atoms with Crippen LogP contribution in [0.2, 0.25) is 0 Å². The fourth-order valence-electron chi connectivity index (χ4n) is 9.05. The van der Waals surface area contributed by atoms with Crippen LogP contribution < -0.4 is 24.6 Å². The van der Waals surface area contributed by atoms with E-state index in [0.29, 0.717) is 106 Å². The van der Waals surface area contributed by atoms with Crippen LogP contribution >= 0.6 is 22.7 Å². The van der Waals surface area contributed by atoms with Gasteiger partial charge in [-0.25, -0.2) is 0 Å². The van der Waals surface area contributed by atoms with Crippen molar-refractivity contribution >= 4 is 51.8 Å². The number of halogens is 6. The number of benzene rings is 4. The summed E-state index contributed by atoms with van der Waals surface area (Å²) in [5.74, 6) is 0.914. The van der Waals surface area contributed by atoms with E-state index in [2.05, 4.69) is 10.2 Å². The maximum absolute atomic E-state index is 13.7. The van der Waals surface area contributed by atoms with Crippen LogP contribution in [0.15, 0.2) is 109 Å². The fraction of sp³-hybridized carbons (Fsp3) is 0.364. The van der Waals surface area contributed by atoms with E-state index in [0.717, 1.165) is 54.6 Å². The number of nitrogens with zero attached hydrogens (tertiary/aromatic N) is 3. The first-order valence-electron chi connectivity index (χ1n) is 24.4. The van der Waals surface area contributed by atoms with Gasteiger partial charge in [-0.1, -0.05) is 60.7 Å². The molecule has 2 saturated carbocycles. The quantitative estimate of drug-likeness (QED) is 0.0671. The molecule has 6 aromatic rings. The molecule has 2 aromatic heterocycles. The molecular formula is C55H54F6N4O6S2. The van der Waals surface area contributed by atoms with Gasteiger partial charge in [-0.2, -0.15) is 26.3 Å². The van der Waals surface area contributed by atoms with Crippen molar-refractivity contribution in [1.82, 2.24) is 10.2 Å². The monoisotopic (exact) mass is 1040 g/mol. The van der Waals surface area contributed by atoms with Crippen LogP contribution in [0.1, 0.15) is 69.7 Å². The lowest BCUT2D eigenvalue weighted by atomic mass is 10.1. The summed E-state index contributed by atoms with van der Waals surface area (Å²) in [7, 11) is 0. The van der Waals surface area contributed by atoms with Gasteiger partial charge in [-0.05, 0) is 116 Å². The predicted octanol–water partition coefficient (Wildman–Crippen LogP) is 12.0. The summed E-state index contributed by atoms with van der Waals surface area (Å²) in [5, 5.41) is 3.25. The van der Waals surface area contributed by atoms with Crippen LogP contribution in [0.4, 0.5) is 37.7 Å². The van der Waals surface area contributed by atoms with Gasteiger partial charge >= 0.3 is 18.3 Å². The normalized spacial score (nSPS) is 15.2. The number of thiophene rings is 2. The molecule has 1 N–H and O–H groups in total. The second kappa shape index (κ2) is 22.5. The lowest BCUT2D eigenvalue weighted by Crippen LogP contribution is -2.41. The molecule has 73 heavy (non-hydrogen) atoms. The Morgan fingerprint density at radius 3 is 1.60 bits per heavy atom. The second-order valence-corrected chi connectivity index (χ2v) is 20.6. The molecule has 2 aliphatic carbocycles. The number of carbonyl (C=O) groups excluding carboxylic acids is 3. The summed E-state index contributed by atoms with van der Waals surface area (Å²) in [6.45, 7) is 4.43. The first-order valence-corrected chi connectivity index (χ1v) is 26.0. The first-order chi connectivity index (χ1) is 35.1. The number of hydrogen-bond acceptors (Lipinski definition) is 10. The summed E-state index contributed by atoms with van der Waals surface area (Å²) in [4.78, 5) is 42.8. The number of fused-ring (bicyclic) bond motifs is 2. The number of esters is 1. The number of nitrogens with one attached hydrogen (secondary N) is 1. The molecule has 10 rings (SSSR count). The first kappa shape index (κ1) is 51.7. The Balaban J connectivity index is 0.000000183. The second-order valence-electron chi connectivity index (χ2n) is 18.3. The molecule has 2 fully saturated rings. The number of amides is 2. The number of anilines is 2. The molecular weight excluding hydrogens is 991 g/mol. The van der Waals surface area contributed by atoms with E-state index in [-0.39, 0.29) is 55.1 Å². The summed E-state index contributed by atoms with van der Waals surface area (Å²) in [6, 6.07) is 32.0. The number of rotatable bonds is 18. The van der Waals surface area contributed by atoms with Gasteiger partial charge in [-0.15, -0.1) is 22.7 Å². The van der Waals surface area contributed by atoms with E-state index in [9.17, 15) is 40.7 Å². The average molecular weight is 1050 g/mol. The van der Waals surface area contributed by atoms with Crippen LogP contribution in [0, 0.1) is 0 Å². The van der Waals surface area contributed by atoms with Crippen LogP contribution in [-0.4, -0.2) is 74.1 Å². The van der Waals surface area contributed by atoms with Crippen molar-refractivity contribution in [2.45, 2.75) is 89.5 Å². The number of ether oxygens (including phenoxy) is 3. The topological polar surface area (TPSA) is 101 Å². The Morgan fingerprint density at radius 1 is 0.658 bits per heavy atom. The molecule has 0 saturated heterocycles. The van der Waals surface area contributed by atoms with Crippen molar-refractivity contribution in [2.24, 2.45) is 0 Å². The molecule has 2 amide bonds. The third-order valence-corrected chi connectivity index (χ3v) is 15.2. The molecule has 0 unspecified atom stereocenters. The highest BCUT2D eigenvalue weighted by Crippen LogP contribution is 2.45. The van der Waals surface area contributed by atoms with Crippen LogP contribution in [0.25, 0.3) is 22.3 Å². The molecule has 0 spiro atoms. The Kier molecular flexibility index (Phi) is 15.9. The summed E-state index contributed by atoms with van der Waals surface area (Å²) < 4.78 is 98.7. The third-order valence-electron chi connectivity index (χ3n) is 12.9. The van der Waals surface area contributed by atoms with Gasteiger partial charge in [0.1, 0.15) is 34.5 Å². The van der Waals surface area contributed by atoms with Crippen molar-refractivity contribution in [3.63, 3.8) is 0 Å². The van der Waals surface area contributed by atoms with Gasteiger partial charge in [0.25, 0.3) is 0 Å². The Morgan fingerprint density at radius 2 is 1.15 bits per heavy atom. The molecule has 4 aliphatic rings. The largest absolute Gasteiger partial charge is 0.488 e. The van der Waals surface area contributed by atoms with Gasteiger partial charge in [0, 0.05) is 64.0 Å². The lowest BCUT2D eigenvalue weighted by Gasteiger charge is -2.25. The maximum atomic E-state index is 13.7. The third kappa shape index (κ3) is 13.1. The Bertz CT molecular complexity index is 2900. The highest BCUT2D eigenvalue weighted by molar-refractivity contribution is 7.13. The highest BCUT2D eigenvalue weighted by Gasteiger charge is 2.38. The molecule has 4 aromatic carbocycles. The summed E-state index contributed by atoms with van der Waals surface area (Å²) in [5.41, 5.74) is 5.05. The van der Waals surface area contributed by atoms with Crippen molar-refractivity contribution in [2.75, 3.05) is 49.1 Å². The molecule has 2 aliphatic heterocycles. The SMILES string of the molecule is CCOC(=O)CCN(CC(=O)N1CCc2cc(OCc3cc(-c4ccccc4)c(C(F)(F)F)s3)ccc21)C1CC1.O=C(CNC1CC1)N1CCc2cc(OCc3cc(-c4ccccc4)c(C(F)(F)F)s3)ccc21. The number of carbonyl (C=O) groups is 3. The zero-order valence-corrected chi connectivity index (χ0v) is 41.7. The molecule has 18 heteroatoms. The van der Waals surface area contributed by atoms with Crippen LogP contribution in [0.3, 0.4) is 0 Å². The van der Waals surface area contributed by atoms with Gasteiger partial charge in [0.2, 0.25) is 11.8 Å². The van der Waals surface area contributed by atoms with Crippen LogP contribution in [0.5, 0.6) is 11.5 Å². The standard InChI is InChI=1S/C30H31F3N2O4S.C25H23F3N2O2S/c1-2-38-28(37)13-14-34(22-8-9-22)18-27(36)35-15-12-21-16-23(10-11-26(21)35)39-19-24-17-25(20-6-4-3-5-7-20)29(40-24)30(31,32)33;26-25(27,28)24-21(16-4-2-1-3-5-16)13-20(33-24)15-32-19-8-9-22-17(12-19)10-11-30(22)23(31)14-29-18-6-7-18/h3-7,10-11,16-17,22H,2,8-9,12-15,18-19H2,1H3;1-5,8-9,12-13,18,29H,6-7,10-11,14-15H2. The minimum absolute atomic E-state index is 0.0127. The van der Waals surface area contributed by atoms with Crippen molar-refractivity contribution in [1.29, 1.82) is 0 Å². The Hall–Kier alpha value is -6.21. The van der Waals surface area contributed by atoms with Gasteiger partial charge in [-0.3, -0.25) is 19.3 Å². The highest BCUT2D eigenvalue weighted by atomic mass is 32.1. The fourth-order valence-corrected chi connectivity index (χ4v) is 11.0. The molecule has 0 radical (unpaired) electrons. The van der Waals surface area contributed by atoms with E-state index in [1.165, 1.54) is 0 Å². The summed E-state index contributed by atoms with van der Waals surface area (Å²) >= 11 is 1.41. The zero-order valence-electron chi connectivity index (χ0n) is 40.0. The number of hydrogen-bond donors (Lipinski definition) is 1. The smallest absolute Gasteiger partial charge is 0.426 e. The van der Waals surface area contributed by atoms with E-state index >= 15 is 0 Å². The minimum atomic E-state index is -4.45. The van der Waals surface area contributed by atoms with Crippen molar-refractivity contribution < 1.29 is 54.9 Å².